The van der Waals surface area contributed by atoms with Gasteiger partial charge < -0.3 is 5.11 Å². The summed E-state index contributed by atoms with van der Waals surface area (Å²) in [6, 6.07) is 4.45. The lowest BCUT2D eigenvalue weighted by Gasteiger charge is -2.32. The van der Waals surface area contributed by atoms with Gasteiger partial charge in [0.1, 0.15) is 0 Å². The fraction of sp³-hybridized carbons (Fsp3) is 0.692. The molecule has 90 valence electrons. The summed E-state index contributed by atoms with van der Waals surface area (Å²) in [5.41, 5.74) is 0. The van der Waals surface area contributed by atoms with E-state index in [1.54, 1.807) is 0 Å². The molecule has 0 spiro atoms. The highest BCUT2D eigenvalue weighted by atomic mass is 32.1. The van der Waals surface area contributed by atoms with Crippen LogP contribution >= 0.6 is 11.3 Å². The molecule has 0 aromatic carbocycles. The molecule has 1 N–H and O–H groups in total. The van der Waals surface area contributed by atoms with Crippen molar-refractivity contribution in [1.82, 2.24) is 4.90 Å². The second-order valence-corrected chi connectivity index (χ2v) is 6.14. The molecule has 0 radical (unpaired) electrons. The zero-order valence-corrected chi connectivity index (χ0v) is 10.8. The Kier molecular flexibility index (Phi) is 4.38. The van der Waals surface area contributed by atoms with Crippen molar-refractivity contribution < 1.29 is 5.11 Å². The van der Waals surface area contributed by atoms with Crippen molar-refractivity contribution >= 4 is 11.3 Å². The van der Waals surface area contributed by atoms with Crippen LogP contribution in [0.15, 0.2) is 12.1 Å². The maximum absolute atomic E-state index is 8.98. The van der Waals surface area contributed by atoms with Crippen molar-refractivity contribution in [2.75, 3.05) is 19.7 Å². The highest BCUT2D eigenvalue weighted by Gasteiger charge is 2.19. The molecule has 2 nitrogen and oxygen atoms in total. The minimum absolute atomic E-state index is 0.344. The molecule has 1 aromatic heterocycles. The predicted molar refractivity (Wildman–Crippen MR) is 68.8 cm³/mol. The number of piperidine rings is 1. The van der Waals surface area contributed by atoms with Crippen molar-refractivity contribution in [2.45, 2.75) is 32.7 Å². The quantitative estimate of drug-likeness (QED) is 0.873. The van der Waals surface area contributed by atoms with Crippen LogP contribution in [-0.4, -0.2) is 29.7 Å². The minimum Gasteiger partial charge on any atom is -0.396 e. The first-order valence-corrected chi connectivity index (χ1v) is 6.98. The van der Waals surface area contributed by atoms with E-state index in [0.29, 0.717) is 12.5 Å². The summed E-state index contributed by atoms with van der Waals surface area (Å²) >= 11 is 1.90. The summed E-state index contributed by atoms with van der Waals surface area (Å²) in [4.78, 5) is 5.41. The van der Waals surface area contributed by atoms with Crippen LogP contribution in [0, 0.1) is 12.8 Å². The zero-order chi connectivity index (χ0) is 11.4. The van der Waals surface area contributed by atoms with Gasteiger partial charge in [-0.2, -0.15) is 0 Å². The standard InChI is InChI=1S/C13H21NOS/c1-11-4-5-13(16-11)10-14-7-2-3-12(9-14)6-8-15/h4-5,12,15H,2-3,6-10H2,1H3. The van der Waals surface area contributed by atoms with E-state index in [4.69, 9.17) is 5.11 Å². The molecular formula is C13H21NOS. The molecule has 2 heterocycles. The lowest BCUT2D eigenvalue weighted by molar-refractivity contribution is 0.143. The summed E-state index contributed by atoms with van der Waals surface area (Å²) in [7, 11) is 0. The van der Waals surface area contributed by atoms with Gasteiger partial charge in [0, 0.05) is 29.5 Å². The molecule has 0 amide bonds. The third-order valence-electron chi connectivity index (χ3n) is 3.32. The van der Waals surface area contributed by atoms with Crippen LogP contribution in [0.25, 0.3) is 0 Å². The number of aliphatic hydroxyl groups is 1. The summed E-state index contributed by atoms with van der Waals surface area (Å²) in [5, 5.41) is 8.98. The lowest BCUT2D eigenvalue weighted by atomic mass is 9.95. The molecule has 1 unspecified atom stereocenters. The van der Waals surface area contributed by atoms with Gasteiger partial charge in [-0.15, -0.1) is 11.3 Å². The maximum Gasteiger partial charge on any atom is 0.0434 e. The minimum atomic E-state index is 0.344. The lowest BCUT2D eigenvalue weighted by Crippen LogP contribution is -2.35. The zero-order valence-electron chi connectivity index (χ0n) is 9.98. The summed E-state index contributed by atoms with van der Waals surface area (Å²) < 4.78 is 0. The van der Waals surface area contributed by atoms with E-state index in [1.807, 2.05) is 11.3 Å². The molecular weight excluding hydrogens is 218 g/mol. The third-order valence-corrected chi connectivity index (χ3v) is 4.30. The molecule has 2 rings (SSSR count). The average molecular weight is 239 g/mol. The number of rotatable bonds is 4. The topological polar surface area (TPSA) is 23.5 Å². The average Bonchev–Trinajstić information content (AvgIpc) is 2.65. The van der Waals surface area contributed by atoms with Crippen LogP contribution in [0.3, 0.4) is 0 Å². The van der Waals surface area contributed by atoms with E-state index in [-0.39, 0.29) is 0 Å². The van der Waals surface area contributed by atoms with Crippen molar-refractivity contribution in [2.24, 2.45) is 5.92 Å². The summed E-state index contributed by atoms with van der Waals surface area (Å²) in [6.45, 7) is 5.99. The Morgan fingerprint density at radius 1 is 1.50 bits per heavy atom. The third kappa shape index (κ3) is 3.30. The van der Waals surface area contributed by atoms with Crippen LogP contribution in [0.1, 0.15) is 29.0 Å². The van der Waals surface area contributed by atoms with Gasteiger partial charge in [0.15, 0.2) is 0 Å². The van der Waals surface area contributed by atoms with E-state index in [9.17, 15) is 0 Å². The van der Waals surface area contributed by atoms with E-state index < -0.39 is 0 Å². The molecule has 1 fully saturated rings. The van der Waals surface area contributed by atoms with Gasteiger partial charge in [-0.3, -0.25) is 4.90 Å². The SMILES string of the molecule is Cc1ccc(CN2CCCC(CCO)C2)s1. The van der Waals surface area contributed by atoms with E-state index >= 15 is 0 Å². The second-order valence-electron chi connectivity index (χ2n) is 4.77. The van der Waals surface area contributed by atoms with Crippen molar-refractivity contribution in [3.05, 3.63) is 21.9 Å². The molecule has 0 saturated carbocycles. The number of hydrogen-bond donors (Lipinski definition) is 1. The number of aryl methyl sites for hydroxylation is 1. The number of likely N-dealkylation sites (tertiary alicyclic amines) is 1. The largest absolute Gasteiger partial charge is 0.396 e. The Labute approximate surface area is 102 Å². The highest BCUT2D eigenvalue weighted by Crippen LogP contribution is 2.23. The number of nitrogens with zero attached hydrogens (tertiary/aromatic N) is 1. The van der Waals surface area contributed by atoms with E-state index in [0.717, 1.165) is 19.5 Å². The Balaban J connectivity index is 1.85. The van der Waals surface area contributed by atoms with Crippen LogP contribution in [0.2, 0.25) is 0 Å². The van der Waals surface area contributed by atoms with Crippen LogP contribution < -0.4 is 0 Å². The summed E-state index contributed by atoms with van der Waals surface area (Å²) in [5.74, 6) is 0.708. The second kappa shape index (κ2) is 5.80. The molecule has 1 aliphatic rings. The van der Waals surface area contributed by atoms with Crippen molar-refractivity contribution in [1.29, 1.82) is 0 Å². The van der Waals surface area contributed by atoms with Crippen molar-refractivity contribution in [3.63, 3.8) is 0 Å². The fourth-order valence-corrected chi connectivity index (χ4v) is 3.44. The summed E-state index contributed by atoms with van der Waals surface area (Å²) in [6.07, 6.45) is 3.55. The van der Waals surface area contributed by atoms with Gasteiger partial charge in [-0.1, -0.05) is 0 Å². The van der Waals surface area contributed by atoms with Gasteiger partial charge in [-0.25, -0.2) is 0 Å². The van der Waals surface area contributed by atoms with Gasteiger partial charge in [0.05, 0.1) is 0 Å². The first kappa shape index (κ1) is 12.1. The molecule has 1 atom stereocenters. The van der Waals surface area contributed by atoms with Crippen LogP contribution in [-0.2, 0) is 6.54 Å². The molecule has 16 heavy (non-hydrogen) atoms. The molecule has 1 aliphatic heterocycles. The Morgan fingerprint density at radius 3 is 3.06 bits per heavy atom. The van der Waals surface area contributed by atoms with E-state index in [1.165, 1.54) is 29.1 Å². The fourth-order valence-electron chi connectivity index (χ4n) is 2.50. The Morgan fingerprint density at radius 2 is 2.38 bits per heavy atom. The smallest absolute Gasteiger partial charge is 0.0434 e. The molecule has 1 aromatic rings. The molecule has 0 bridgehead atoms. The molecule has 1 saturated heterocycles. The van der Waals surface area contributed by atoms with Crippen molar-refractivity contribution in [3.8, 4) is 0 Å². The normalized spacial score (nSPS) is 22.5. The van der Waals surface area contributed by atoms with Crippen LogP contribution in [0.4, 0.5) is 0 Å². The van der Waals surface area contributed by atoms with Gasteiger partial charge in [0.2, 0.25) is 0 Å². The van der Waals surface area contributed by atoms with Gasteiger partial charge in [-0.05, 0) is 50.8 Å². The monoisotopic (exact) mass is 239 g/mol. The first-order chi connectivity index (χ1) is 7.78. The Bertz CT molecular complexity index is 321. The maximum atomic E-state index is 8.98. The predicted octanol–water partition coefficient (Wildman–Crippen LogP) is 2.65. The van der Waals surface area contributed by atoms with Gasteiger partial charge in [0.25, 0.3) is 0 Å². The first-order valence-electron chi connectivity index (χ1n) is 6.16. The molecule has 3 heteroatoms. The van der Waals surface area contributed by atoms with Crippen LogP contribution in [0.5, 0.6) is 0 Å². The highest BCUT2D eigenvalue weighted by molar-refractivity contribution is 7.11. The number of hydrogen-bond acceptors (Lipinski definition) is 3. The Hall–Kier alpha value is -0.380. The van der Waals surface area contributed by atoms with E-state index in [2.05, 4.69) is 24.0 Å². The number of aliphatic hydroxyl groups excluding tert-OH is 1. The number of thiophene rings is 1. The molecule has 0 aliphatic carbocycles. The van der Waals surface area contributed by atoms with Gasteiger partial charge >= 0.3 is 0 Å².